The molecule has 0 aliphatic carbocycles. The van der Waals surface area contributed by atoms with Crippen LogP contribution >= 0.6 is 0 Å². The van der Waals surface area contributed by atoms with Crippen LogP contribution in [0.15, 0.2) is 53.6 Å². The largest absolute Gasteiger partial charge is 0.325 e. The van der Waals surface area contributed by atoms with Crippen LogP contribution in [0.2, 0.25) is 0 Å². The first-order valence-corrected chi connectivity index (χ1v) is 8.66. The zero-order chi connectivity index (χ0) is 17.3. The maximum atomic E-state index is 12.9. The smallest absolute Gasteiger partial charge is 0.242 e. The number of amides is 1. The van der Waals surface area contributed by atoms with Gasteiger partial charge in [0.05, 0.1) is 16.6 Å². The Labute approximate surface area is 137 Å². The van der Waals surface area contributed by atoms with Gasteiger partial charge >= 0.3 is 0 Å². The van der Waals surface area contributed by atoms with Crippen molar-refractivity contribution in [3.63, 3.8) is 0 Å². The Morgan fingerprint density at radius 1 is 1.21 bits per heavy atom. The molecule has 1 atom stereocenters. The van der Waals surface area contributed by atoms with Gasteiger partial charge in [-0.2, -0.15) is 5.10 Å². The molecule has 1 heterocycles. The van der Waals surface area contributed by atoms with E-state index in [-0.39, 0.29) is 4.90 Å². The molecule has 0 saturated carbocycles. The fraction of sp³-hybridized carbons (Fsp3) is 0.125. The van der Waals surface area contributed by atoms with Crippen LogP contribution in [0.3, 0.4) is 0 Å². The van der Waals surface area contributed by atoms with Gasteiger partial charge in [-0.25, -0.2) is 12.8 Å². The molecule has 0 spiro atoms. The molecular weight excluding hydrogens is 333 g/mol. The third-order valence-corrected chi connectivity index (χ3v) is 5.76. The van der Waals surface area contributed by atoms with Crippen LogP contribution in [0.25, 0.3) is 10.9 Å². The van der Waals surface area contributed by atoms with Crippen LogP contribution in [-0.4, -0.2) is 29.8 Å². The minimum atomic E-state index is -3.91. The second kappa shape index (κ2) is 6.04. The Bertz CT molecular complexity index is 997. The zero-order valence-electron chi connectivity index (χ0n) is 12.7. The number of halogens is 1. The first-order chi connectivity index (χ1) is 11.4. The molecule has 0 bridgehead atoms. The van der Waals surface area contributed by atoms with Crippen molar-refractivity contribution in [3.8, 4) is 0 Å². The molecule has 2 N–H and O–H groups in total. The van der Waals surface area contributed by atoms with Crippen molar-refractivity contribution in [3.05, 3.63) is 54.5 Å². The Hall–Kier alpha value is -2.74. The molecule has 2 aromatic carbocycles. The summed E-state index contributed by atoms with van der Waals surface area (Å²) in [5.74, 6) is -1.21. The van der Waals surface area contributed by atoms with Crippen molar-refractivity contribution in [2.75, 3.05) is 5.32 Å². The van der Waals surface area contributed by atoms with Crippen molar-refractivity contribution >= 4 is 32.3 Å². The minimum absolute atomic E-state index is 0.101. The monoisotopic (exact) mass is 347 g/mol. The van der Waals surface area contributed by atoms with E-state index in [4.69, 9.17) is 0 Å². The van der Waals surface area contributed by atoms with Crippen LogP contribution in [0.5, 0.6) is 0 Å². The highest BCUT2D eigenvalue weighted by Crippen LogP contribution is 2.20. The number of aromatic amines is 1. The lowest BCUT2D eigenvalue weighted by Crippen LogP contribution is -2.32. The Morgan fingerprint density at radius 2 is 1.92 bits per heavy atom. The van der Waals surface area contributed by atoms with Crippen LogP contribution in [-0.2, 0) is 14.6 Å². The summed E-state index contributed by atoms with van der Waals surface area (Å²) in [6, 6.07) is 9.46. The maximum absolute atomic E-state index is 12.9. The number of fused-ring (bicyclic) bond motifs is 1. The number of nitrogens with one attached hydrogen (secondary N) is 2. The highest BCUT2D eigenvalue weighted by molar-refractivity contribution is 7.92. The predicted molar refractivity (Wildman–Crippen MR) is 87.8 cm³/mol. The standard InChI is InChI=1S/C16H14FN3O3S/c1-10(24(22,23)14-6-3-12(17)4-7-14)16(21)19-13-5-2-11-9-18-20-15(11)8-13/h2-10H,1H3,(H,18,20)(H,19,21)/t10-/m0/s1. The first kappa shape index (κ1) is 16.1. The number of sulfone groups is 1. The Morgan fingerprint density at radius 3 is 2.62 bits per heavy atom. The molecular formula is C16H14FN3O3S. The number of nitrogens with zero attached hydrogens (tertiary/aromatic N) is 1. The van der Waals surface area contributed by atoms with Crippen molar-refractivity contribution in [1.82, 2.24) is 10.2 Å². The van der Waals surface area contributed by atoms with E-state index in [0.29, 0.717) is 5.69 Å². The van der Waals surface area contributed by atoms with Crippen molar-refractivity contribution in [2.24, 2.45) is 0 Å². The number of hydrogen-bond donors (Lipinski definition) is 2. The van der Waals surface area contributed by atoms with E-state index >= 15 is 0 Å². The second-order valence-electron chi connectivity index (χ2n) is 5.30. The highest BCUT2D eigenvalue weighted by atomic mass is 32.2. The summed E-state index contributed by atoms with van der Waals surface area (Å²) in [6.45, 7) is 1.29. The first-order valence-electron chi connectivity index (χ1n) is 7.11. The molecule has 0 aliphatic heterocycles. The molecule has 1 amide bonds. The van der Waals surface area contributed by atoms with Gasteiger partial charge in [-0.05, 0) is 49.4 Å². The third kappa shape index (κ3) is 3.00. The topological polar surface area (TPSA) is 91.9 Å². The van der Waals surface area contributed by atoms with E-state index in [1.165, 1.54) is 6.92 Å². The van der Waals surface area contributed by atoms with E-state index in [2.05, 4.69) is 15.5 Å². The molecule has 8 heteroatoms. The summed E-state index contributed by atoms with van der Waals surface area (Å²) in [6.07, 6.45) is 1.64. The van der Waals surface area contributed by atoms with Gasteiger partial charge in [-0.3, -0.25) is 9.89 Å². The number of carbonyl (C=O) groups is 1. The van der Waals surface area contributed by atoms with Gasteiger partial charge in [0.1, 0.15) is 11.1 Å². The van der Waals surface area contributed by atoms with Gasteiger partial charge < -0.3 is 5.32 Å². The van der Waals surface area contributed by atoms with E-state index < -0.39 is 26.8 Å². The number of benzene rings is 2. The molecule has 0 radical (unpaired) electrons. The Balaban J connectivity index is 1.81. The maximum Gasteiger partial charge on any atom is 0.242 e. The van der Waals surface area contributed by atoms with Crippen LogP contribution in [0, 0.1) is 5.82 Å². The van der Waals surface area contributed by atoms with Gasteiger partial charge in [-0.1, -0.05) is 0 Å². The summed E-state index contributed by atoms with van der Waals surface area (Å²) >= 11 is 0. The molecule has 24 heavy (non-hydrogen) atoms. The lowest BCUT2D eigenvalue weighted by atomic mass is 10.2. The van der Waals surface area contributed by atoms with Gasteiger partial charge in [0.15, 0.2) is 9.84 Å². The molecule has 124 valence electrons. The van der Waals surface area contributed by atoms with Gasteiger partial charge in [-0.15, -0.1) is 0 Å². The third-order valence-electron chi connectivity index (χ3n) is 3.69. The minimum Gasteiger partial charge on any atom is -0.325 e. The summed E-state index contributed by atoms with van der Waals surface area (Å²) in [5, 5.41) is 8.77. The predicted octanol–water partition coefficient (Wildman–Crippen LogP) is 2.50. The average molecular weight is 347 g/mol. The lowest BCUT2D eigenvalue weighted by molar-refractivity contribution is -0.115. The van der Waals surface area contributed by atoms with E-state index in [1.54, 1.807) is 24.4 Å². The summed E-state index contributed by atoms with van der Waals surface area (Å²) < 4.78 is 37.8. The number of H-pyrrole nitrogens is 1. The molecule has 0 unspecified atom stereocenters. The fourth-order valence-corrected chi connectivity index (χ4v) is 3.49. The van der Waals surface area contributed by atoms with Crippen LogP contribution in [0.1, 0.15) is 6.92 Å². The average Bonchev–Trinajstić information content (AvgIpc) is 3.02. The van der Waals surface area contributed by atoms with E-state index in [0.717, 1.165) is 35.2 Å². The van der Waals surface area contributed by atoms with Crippen LogP contribution in [0.4, 0.5) is 10.1 Å². The molecule has 0 fully saturated rings. The molecule has 0 aliphatic rings. The number of anilines is 1. The van der Waals surface area contributed by atoms with E-state index in [1.807, 2.05) is 0 Å². The number of hydrogen-bond acceptors (Lipinski definition) is 4. The van der Waals surface area contributed by atoms with Crippen LogP contribution < -0.4 is 5.32 Å². The SMILES string of the molecule is C[C@@H](C(=O)Nc1ccc2cn[nH]c2c1)S(=O)(=O)c1ccc(F)cc1. The summed E-state index contributed by atoms with van der Waals surface area (Å²) in [5.41, 5.74) is 1.18. The van der Waals surface area contributed by atoms with Gasteiger partial charge in [0.25, 0.3) is 0 Å². The zero-order valence-corrected chi connectivity index (χ0v) is 13.5. The molecule has 3 aromatic rings. The number of carbonyl (C=O) groups excluding carboxylic acids is 1. The quantitative estimate of drug-likeness (QED) is 0.709. The molecule has 6 nitrogen and oxygen atoms in total. The van der Waals surface area contributed by atoms with Gasteiger partial charge in [0, 0.05) is 11.1 Å². The fourth-order valence-electron chi connectivity index (χ4n) is 2.23. The van der Waals surface area contributed by atoms with Crippen molar-refractivity contribution in [2.45, 2.75) is 17.1 Å². The Kier molecular flexibility index (Phi) is 4.06. The summed E-state index contributed by atoms with van der Waals surface area (Å²) in [4.78, 5) is 12.2. The van der Waals surface area contributed by atoms with Crippen molar-refractivity contribution in [1.29, 1.82) is 0 Å². The molecule has 0 saturated heterocycles. The number of aromatic nitrogens is 2. The summed E-state index contributed by atoms with van der Waals surface area (Å²) in [7, 11) is -3.91. The van der Waals surface area contributed by atoms with Gasteiger partial charge in [0.2, 0.25) is 5.91 Å². The second-order valence-corrected chi connectivity index (χ2v) is 7.57. The molecule has 3 rings (SSSR count). The highest BCUT2D eigenvalue weighted by Gasteiger charge is 2.29. The number of rotatable bonds is 4. The van der Waals surface area contributed by atoms with E-state index in [9.17, 15) is 17.6 Å². The lowest BCUT2D eigenvalue weighted by Gasteiger charge is -2.13. The molecule has 1 aromatic heterocycles. The van der Waals surface area contributed by atoms with Crippen molar-refractivity contribution < 1.29 is 17.6 Å². The normalized spacial score (nSPS) is 12.9.